The number of urea groups is 1. The van der Waals surface area contributed by atoms with Crippen molar-refractivity contribution >= 4 is 29.6 Å². The van der Waals surface area contributed by atoms with Crippen LogP contribution in [0, 0.1) is 5.82 Å². The van der Waals surface area contributed by atoms with Gasteiger partial charge in [0.15, 0.2) is 11.5 Å². The number of halogens is 1. The second-order valence-electron chi connectivity index (χ2n) is 6.58. The molecule has 2 aliphatic heterocycles. The zero-order chi connectivity index (χ0) is 22.0. The molecule has 0 saturated carbocycles. The number of amides is 4. The van der Waals surface area contributed by atoms with E-state index < -0.39 is 30.2 Å². The summed E-state index contributed by atoms with van der Waals surface area (Å²) >= 11 is 0. The minimum absolute atomic E-state index is 0.0384. The quantitative estimate of drug-likeness (QED) is 0.542. The monoisotopic (exact) mass is 427 g/mol. The van der Waals surface area contributed by atoms with Gasteiger partial charge in [0, 0.05) is 11.6 Å². The lowest BCUT2D eigenvalue weighted by atomic mass is 10.1. The van der Waals surface area contributed by atoms with Gasteiger partial charge in [0.1, 0.15) is 23.8 Å². The fraction of sp³-hybridized carbons (Fsp3) is 0.190. The SMILES string of the molecule is CCOc1cc2c(cc1/C=C1/NC(=O)N(CC(=O)Nc3ccccc3F)C1=O)OCO2. The highest BCUT2D eigenvalue weighted by Crippen LogP contribution is 2.39. The smallest absolute Gasteiger partial charge is 0.329 e. The summed E-state index contributed by atoms with van der Waals surface area (Å²) in [6.45, 7) is 1.68. The van der Waals surface area contributed by atoms with Crippen LogP contribution in [0.15, 0.2) is 42.1 Å². The van der Waals surface area contributed by atoms with Crippen molar-refractivity contribution in [3.8, 4) is 17.2 Å². The van der Waals surface area contributed by atoms with Crippen LogP contribution in [0.4, 0.5) is 14.9 Å². The highest BCUT2D eigenvalue weighted by molar-refractivity contribution is 6.16. The molecule has 2 aromatic rings. The lowest BCUT2D eigenvalue weighted by Crippen LogP contribution is -2.38. The fourth-order valence-electron chi connectivity index (χ4n) is 3.10. The van der Waals surface area contributed by atoms with Gasteiger partial charge in [-0.15, -0.1) is 0 Å². The van der Waals surface area contributed by atoms with Gasteiger partial charge in [-0.25, -0.2) is 14.1 Å². The van der Waals surface area contributed by atoms with Crippen molar-refractivity contribution in [1.82, 2.24) is 10.2 Å². The van der Waals surface area contributed by atoms with Crippen molar-refractivity contribution in [1.29, 1.82) is 0 Å². The van der Waals surface area contributed by atoms with Crippen molar-refractivity contribution in [2.45, 2.75) is 6.92 Å². The molecule has 0 atom stereocenters. The highest BCUT2D eigenvalue weighted by atomic mass is 19.1. The van der Waals surface area contributed by atoms with E-state index in [9.17, 15) is 18.8 Å². The largest absolute Gasteiger partial charge is 0.493 e. The Balaban J connectivity index is 1.52. The number of nitrogens with zero attached hydrogens (tertiary/aromatic N) is 1. The van der Waals surface area contributed by atoms with Crippen LogP contribution in [-0.4, -0.2) is 42.7 Å². The first-order chi connectivity index (χ1) is 15.0. The second-order valence-corrected chi connectivity index (χ2v) is 6.58. The predicted molar refractivity (Wildman–Crippen MR) is 107 cm³/mol. The number of hydrogen-bond acceptors (Lipinski definition) is 6. The van der Waals surface area contributed by atoms with Gasteiger partial charge in [-0.2, -0.15) is 0 Å². The molecule has 1 fully saturated rings. The maximum Gasteiger partial charge on any atom is 0.329 e. The molecule has 4 rings (SSSR count). The predicted octanol–water partition coefficient (Wildman–Crippen LogP) is 2.48. The summed E-state index contributed by atoms with van der Waals surface area (Å²) < 4.78 is 30.0. The van der Waals surface area contributed by atoms with E-state index in [1.807, 2.05) is 0 Å². The van der Waals surface area contributed by atoms with Gasteiger partial charge in [0.2, 0.25) is 12.7 Å². The van der Waals surface area contributed by atoms with E-state index in [1.54, 1.807) is 25.1 Å². The Morgan fingerprint density at radius 3 is 2.74 bits per heavy atom. The first kappa shape index (κ1) is 20.2. The van der Waals surface area contributed by atoms with Crippen LogP contribution in [0.3, 0.4) is 0 Å². The van der Waals surface area contributed by atoms with Gasteiger partial charge < -0.3 is 24.8 Å². The lowest BCUT2D eigenvalue weighted by molar-refractivity contribution is -0.127. The number of hydrogen-bond donors (Lipinski definition) is 2. The molecule has 0 radical (unpaired) electrons. The molecule has 2 aliphatic rings. The van der Waals surface area contributed by atoms with Gasteiger partial charge in [0.25, 0.3) is 5.91 Å². The van der Waals surface area contributed by atoms with Crippen LogP contribution in [0.2, 0.25) is 0 Å². The van der Waals surface area contributed by atoms with Crippen molar-refractivity contribution in [2.75, 3.05) is 25.3 Å². The Morgan fingerprint density at radius 2 is 2.00 bits per heavy atom. The average molecular weight is 427 g/mol. The topological polar surface area (TPSA) is 106 Å². The number of carbonyl (C=O) groups is 3. The normalized spacial score (nSPS) is 15.9. The summed E-state index contributed by atoms with van der Waals surface area (Å²) in [6, 6.07) is 8.09. The molecule has 0 unspecified atom stereocenters. The summed E-state index contributed by atoms with van der Waals surface area (Å²) in [7, 11) is 0. The van der Waals surface area contributed by atoms with Crippen LogP contribution < -0.4 is 24.8 Å². The van der Waals surface area contributed by atoms with Gasteiger partial charge in [0.05, 0.1) is 12.3 Å². The Hall–Kier alpha value is -4.08. The van der Waals surface area contributed by atoms with Crippen LogP contribution in [-0.2, 0) is 9.59 Å². The number of nitrogens with one attached hydrogen (secondary N) is 2. The van der Waals surface area contributed by atoms with E-state index in [0.29, 0.717) is 29.4 Å². The molecule has 31 heavy (non-hydrogen) atoms. The minimum Gasteiger partial charge on any atom is -0.493 e. The van der Waals surface area contributed by atoms with Gasteiger partial charge in [-0.3, -0.25) is 9.59 Å². The van der Waals surface area contributed by atoms with E-state index in [1.165, 1.54) is 24.3 Å². The molecule has 1 saturated heterocycles. The van der Waals surface area contributed by atoms with Gasteiger partial charge >= 0.3 is 6.03 Å². The molecular formula is C21H18FN3O6. The zero-order valence-corrected chi connectivity index (χ0v) is 16.4. The summed E-state index contributed by atoms with van der Waals surface area (Å²) in [5.74, 6) is -0.606. The van der Waals surface area contributed by atoms with Crippen molar-refractivity contribution in [2.24, 2.45) is 0 Å². The zero-order valence-electron chi connectivity index (χ0n) is 16.4. The van der Waals surface area contributed by atoms with Crippen LogP contribution in [0.5, 0.6) is 17.2 Å². The average Bonchev–Trinajstić information content (AvgIpc) is 3.29. The molecular weight excluding hydrogens is 409 g/mol. The molecule has 2 N–H and O–H groups in total. The van der Waals surface area contributed by atoms with Crippen molar-refractivity contribution in [3.05, 3.63) is 53.5 Å². The van der Waals surface area contributed by atoms with Crippen LogP contribution in [0.25, 0.3) is 6.08 Å². The molecule has 0 aromatic heterocycles. The van der Waals surface area contributed by atoms with Crippen LogP contribution in [0.1, 0.15) is 12.5 Å². The van der Waals surface area contributed by atoms with E-state index in [-0.39, 0.29) is 18.2 Å². The first-order valence-electron chi connectivity index (χ1n) is 9.41. The number of para-hydroxylation sites is 1. The highest BCUT2D eigenvalue weighted by Gasteiger charge is 2.35. The number of rotatable bonds is 6. The summed E-state index contributed by atoms with van der Waals surface area (Å²) in [5, 5.41) is 4.78. The fourth-order valence-corrected chi connectivity index (χ4v) is 3.10. The van der Waals surface area contributed by atoms with E-state index >= 15 is 0 Å². The Kier molecular flexibility index (Phi) is 5.44. The summed E-state index contributed by atoms with van der Waals surface area (Å²) in [5.41, 5.74) is 0.410. The standard InChI is InChI=1S/C21H18FN3O6/c1-2-29-16-9-18-17(30-11-31-18)8-12(16)7-15-20(27)25(21(28)24-15)10-19(26)23-14-6-4-3-5-13(14)22/h3-9H,2,10-11H2,1H3,(H,23,26)(H,24,28)/b15-7+. The summed E-state index contributed by atoms with van der Waals surface area (Å²) in [6.07, 6.45) is 1.43. The third kappa shape index (κ3) is 4.13. The third-order valence-electron chi connectivity index (χ3n) is 4.52. The van der Waals surface area contributed by atoms with Gasteiger partial charge in [-0.1, -0.05) is 12.1 Å². The molecule has 160 valence electrons. The number of ether oxygens (including phenoxy) is 3. The van der Waals surface area contributed by atoms with Gasteiger partial charge in [-0.05, 0) is 31.2 Å². The minimum atomic E-state index is -0.765. The Bertz CT molecular complexity index is 1100. The molecule has 0 spiro atoms. The molecule has 4 amide bonds. The molecule has 2 heterocycles. The Labute approximate surface area is 176 Å². The molecule has 0 aliphatic carbocycles. The van der Waals surface area contributed by atoms with E-state index in [4.69, 9.17) is 14.2 Å². The molecule has 2 aromatic carbocycles. The third-order valence-corrected chi connectivity index (χ3v) is 4.52. The molecule has 0 bridgehead atoms. The lowest BCUT2D eigenvalue weighted by Gasteiger charge is -2.12. The Morgan fingerprint density at radius 1 is 1.26 bits per heavy atom. The molecule has 9 nitrogen and oxygen atoms in total. The second kappa shape index (κ2) is 8.34. The van der Waals surface area contributed by atoms with E-state index in [2.05, 4.69) is 10.6 Å². The van der Waals surface area contributed by atoms with Crippen molar-refractivity contribution in [3.63, 3.8) is 0 Å². The maximum absolute atomic E-state index is 13.7. The summed E-state index contributed by atoms with van der Waals surface area (Å²) in [4.78, 5) is 37.9. The number of anilines is 1. The first-order valence-corrected chi connectivity index (χ1v) is 9.41. The van der Waals surface area contributed by atoms with E-state index in [0.717, 1.165) is 4.90 Å². The van der Waals surface area contributed by atoms with Crippen LogP contribution >= 0.6 is 0 Å². The number of carbonyl (C=O) groups excluding carboxylic acids is 3. The number of benzene rings is 2. The number of fused-ring (bicyclic) bond motifs is 1. The molecule has 10 heteroatoms. The maximum atomic E-state index is 13.7. The van der Waals surface area contributed by atoms with Crippen molar-refractivity contribution < 1.29 is 33.0 Å². The number of imide groups is 1.